The van der Waals surface area contributed by atoms with Crippen molar-refractivity contribution in [2.24, 2.45) is 11.7 Å². The first-order valence-electron chi connectivity index (χ1n) is 5.30. The second kappa shape index (κ2) is 6.24. The molecule has 1 amide bonds. The highest BCUT2D eigenvalue weighted by molar-refractivity contribution is 5.76. The largest absolute Gasteiger partial charge is 0.354 e. The summed E-state index contributed by atoms with van der Waals surface area (Å²) < 4.78 is 2.03. The molecule has 0 radical (unpaired) electrons. The molecule has 0 aromatic carbocycles. The minimum atomic E-state index is 0.0834. The van der Waals surface area contributed by atoms with Crippen LogP contribution in [0.4, 0.5) is 0 Å². The molecule has 0 aliphatic heterocycles. The summed E-state index contributed by atoms with van der Waals surface area (Å²) in [5, 5.41) is 2.87. The Labute approximate surface area is 90.5 Å². The summed E-state index contributed by atoms with van der Waals surface area (Å²) in [6, 6.07) is 3.94. The molecule has 4 nitrogen and oxygen atoms in total. The number of rotatable bonds is 6. The minimum absolute atomic E-state index is 0.0834. The van der Waals surface area contributed by atoms with Crippen LogP contribution in [0.5, 0.6) is 0 Å². The van der Waals surface area contributed by atoms with Gasteiger partial charge >= 0.3 is 0 Å². The first-order chi connectivity index (χ1) is 7.22. The highest BCUT2D eigenvalue weighted by atomic mass is 16.1. The third kappa shape index (κ3) is 4.65. The first-order valence-corrected chi connectivity index (χ1v) is 5.30. The van der Waals surface area contributed by atoms with Crippen LogP contribution in [0.15, 0.2) is 24.5 Å². The Morgan fingerprint density at radius 1 is 1.47 bits per heavy atom. The monoisotopic (exact) mass is 209 g/mol. The van der Waals surface area contributed by atoms with Crippen molar-refractivity contribution in [3.8, 4) is 0 Å². The number of nitrogens with one attached hydrogen (secondary N) is 1. The SMILES string of the molecule is CC(CN)CC(=O)NCCn1cccc1. The summed E-state index contributed by atoms with van der Waals surface area (Å²) in [5.41, 5.74) is 5.44. The molecular formula is C11H19N3O. The molecule has 1 unspecified atom stereocenters. The summed E-state index contributed by atoms with van der Waals surface area (Å²) >= 11 is 0. The van der Waals surface area contributed by atoms with Crippen molar-refractivity contribution in [3.63, 3.8) is 0 Å². The Balaban J connectivity index is 2.12. The maximum atomic E-state index is 11.4. The smallest absolute Gasteiger partial charge is 0.220 e. The van der Waals surface area contributed by atoms with Crippen LogP contribution >= 0.6 is 0 Å². The lowest BCUT2D eigenvalue weighted by atomic mass is 10.1. The van der Waals surface area contributed by atoms with Gasteiger partial charge in [0.1, 0.15) is 0 Å². The van der Waals surface area contributed by atoms with E-state index in [1.54, 1.807) is 0 Å². The van der Waals surface area contributed by atoms with Crippen LogP contribution in [-0.4, -0.2) is 23.6 Å². The summed E-state index contributed by atoms with van der Waals surface area (Å²) in [4.78, 5) is 11.4. The van der Waals surface area contributed by atoms with Crippen LogP contribution in [0.25, 0.3) is 0 Å². The predicted molar refractivity (Wildman–Crippen MR) is 60.3 cm³/mol. The summed E-state index contributed by atoms with van der Waals surface area (Å²) in [5.74, 6) is 0.344. The van der Waals surface area contributed by atoms with Crippen LogP contribution in [-0.2, 0) is 11.3 Å². The van der Waals surface area contributed by atoms with E-state index >= 15 is 0 Å². The lowest BCUT2D eigenvalue weighted by Crippen LogP contribution is -2.29. The average molecular weight is 209 g/mol. The standard InChI is InChI=1S/C11H19N3O/c1-10(9-12)8-11(15)13-4-7-14-5-2-3-6-14/h2-3,5-6,10H,4,7-9,12H2,1H3,(H,13,15). The van der Waals surface area contributed by atoms with Crippen molar-refractivity contribution >= 4 is 5.91 Å². The highest BCUT2D eigenvalue weighted by Gasteiger charge is 2.06. The molecule has 4 heteroatoms. The van der Waals surface area contributed by atoms with Gasteiger partial charge in [-0.15, -0.1) is 0 Å². The van der Waals surface area contributed by atoms with E-state index in [0.29, 0.717) is 19.5 Å². The van der Waals surface area contributed by atoms with Crippen LogP contribution in [0.1, 0.15) is 13.3 Å². The number of carbonyl (C=O) groups excluding carboxylic acids is 1. The third-order valence-electron chi connectivity index (χ3n) is 2.29. The zero-order chi connectivity index (χ0) is 11.1. The molecule has 1 atom stereocenters. The van der Waals surface area contributed by atoms with Gasteiger partial charge in [0.25, 0.3) is 0 Å². The number of hydrogen-bond donors (Lipinski definition) is 2. The van der Waals surface area contributed by atoms with Crippen LogP contribution in [0.2, 0.25) is 0 Å². The maximum absolute atomic E-state index is 11.4. The molecule has 0 fully saturated rings. The number of amides is 1. The van der Waals surface area contributed by atoms with E-state index in [1.165, 1.54) is 0 Å². The zero-order valence-corrected chi connectivity index (χ0v) is 9.15. The normalized spacial score (nSPS) is 12.4. The minimum Gasteiger partial charge on any atom is -0.354 e. The number of carbonyl (C=O) groups is 1. The third-order valence-corrected chi connectivity index (χ3v) is 2.29. The van der Waals surface area contributed by atoms with Gasteiger partial charge in [-0.25, -0.2) is 0 Å². The highest BCUT2D eigenvalue weighted by Crippen LogP contribution is 1.97. The summed E-state index contributed by atoms with van der Waals surface area (Å²) in [6.45, 7) is 4.02. The van der Waals surface area contributed by atoms with Crippen molar-refractivity contribution in [1.29, 1.82) is 0 Å². The molecule has 1 aromatic rings. The van der Waals surface area contributed by atoms with E-state index in [4.69, 9.17) is 5.73 Å². The van der Waals surface area contributed by atoms with Crippen molar-refractivity contribution in [3.05, 3.63) is 24.5 Å². The Morgan fingerprint density at radius 3 is 2.73 bits per heavy atom. The van der Waals surface area contributed by atoms with Gasteiger partial charge in [-0.1, -0.05) is 6.92 Å². The number of aromatic nitrogens is 1. The van der Waals surface area contributed by atoms with Crippen molar-refractivity contribution < 1.29 is 4.79 Å². The van der Waals surface area contributed by atoms with Gasteiger partial charge in [-0.2, -0.15) is 0 Å². The van der Waals surface area contributed by atoms with E-state index in [9.17, 15) is 4.79 Å². The predicted octanol–water partition coefficient (Wildman–Crippen LogP) is 0.589. The summed E-state index contributed by atoms with van der Waals surface area (Å²) in [7, 11) is 0. The van der Waals surface area contributed by atoms with Gasteiger partial charge in [0.05, 0.1) is 0 Å². The number of nitrogens with zero attached hydrogens (tertiary/aromatic N) is 1. The van der Waals surface area contributed by atoms with Crippen LogP contribution < -0.4 is 11.1 Å². The lowest BCUT2D eigenvalue weighted by Gasteiger charge is -2.09. The van der Waals surface area contributed by atoms with Crippen LogP contribution in [0.3, 0.4) is 0 Å². The topological polar surface area (TPSA) is 60.1 Å². The fourth-order valence-electron chi connectivity index (χ4n) is 1.32. The lowest BCUT2D eigenvalue weighted by molar-refractivity contribution is -0.121. The molecule has 0 aliphatic rings. The van der Waals surface area contributed by atoms with Gasteiger partial charge in [-0.3, -0.25) is 4.79 Å². The molecular weight excluding hydrogens is 190 g/mol. The average Bonchev–Trinajstić information content (AvgIpc) is 2.70. The Morgan fingerprint density at radius 2 is 2.13 bits per heavy atom. The molecule has 0 saturated heterocycles. The molecule has 0 spiro atoms. The van der Waals surface area contributed by atoms with Gasteiger partial charge in [0.15, 0.2) is 0 Å². The molecule has 3 N–H and O–H groups in total. The Bertz CT molecular complexity index is 282. The fourth-order valence-corrected chi connectivity index (χ4v) is 1.32. The van der Waals surface area contributed by atoms with E-state index in [0.717, 1.165) is 6.54 Å². The molecule has 0 aliphatic carbocycles. The molecule has 1 aromatic heterocycles. The molecule has 1 rings (SSSR count). The maximum Gasteiger partial charge on any atom is 0.220 e. The van der Waals surface area contributed by atoms with E-state index in [-0.39, 0.29) is 11.8 Å². The molecule has 0 saturated carbocycles. The van der Waals surface area contributed by atoms with E-state index in [1.807, 2.05) is 36.0 Å². The van der Waals surface area contributed by atoms with E-state index in [2.05, 4.69) is 5.32 Å². The quantitative estimate of drug-likeness (QED) is 0.720. The molecule has 15 heavy (non-hydrogen) atoms. The second-order valence-electron chi connectivity index (χ2n) is 3.82. The second-order valence-corrected chi connectivity index (χ2v) is 3.82. The fraction of sp³-hybridized carbons (Fsp3) is 0.545. The van der Waals surface area contributed by atoms with Crippen molar-refractivity contribution in [2.45, 2.75) is 19.9 Å². The Hall–Kier alpha value is -1.29. The molecule has 84 valence electrons. The number of hydrogen-bond acceptors (Lipinski definition) is 2. The zero-order valence-electron chi connectivity index (χ0n) is 9.15. The number of nitrogens with two attached hydrogens (primary N) is 1. The first kappa shape index (κ1) is 11.8. The molecule has 0 bridgehead atoms. The van der Waals surface area contributed by atoms with Crippen molar-refractivity contribution in [1.82, 2.24) is 9.88 Å². The van der Waals surface area contributed by atoms with Gasteiger partial charge in [-0.05, 0) is 24.6 Å². The van der Waals surface area contributed by atoms with Gasteiger partial charge < -0.3 is 15.6 Å². The van der Waals surface area contributed by atoms with E-state index < -0.39 is 0 Å². The molecule has 1 heterocycles. The Kier molecular flexibility index (Phi) is 4.90. The summed E-state index contributed by atoms with van der Waals surface area (Å²) in [6.07, 6.45) is 4.48. The van der Waals surface area contributed by atoms with Gasteiger partial charge in [0.2, 0.25) is 5.91 Å². The van der Waals surface area contributed by atoms with Gasteiger partial charge in [0, 0.05) is 31.9 Å². The van der Waals surface area contributed by atoms with Crippen LogP contribution in [0, 0.1) is 5.92 Å². The van der Waals surface area contributed by atoms with Crippen molar-refractivity contribution in [2.75, 3.05) is 13.1 Å².